The highest BCUT2D eigenvalue weighted by Crippen LogP contribution is 2.31. The lowest BCUT2D eigenvalue weighted by atomic mass is 9.95. The van der Waals surface area contributed by atoms with E-state index in [-0.39, 0.29) is 12.2 Å². The maximum Gasteiger partial charge on any atom is 0.340 e. The molecule has 2 aromatic heterocycles. The molecule has 1 N–H and O–H groups in total. The number of benzene rings is 1. The van der Waals surface area contributed by atoms with E-state index in [1.165, 1.54) is 0 Å². The Morgan fingerprint density at radius 3 is 2.65 bits per heavy atom. The first-order chi connectivity index (χ1) is 11.1. The van der Waals surface area contributed by atoms with Crippen molar-refractivity contribution in [1.82, 2.24) is 9.97 Å². The van der Waals surface area contributed by atoms with Gasteiger partial charge in [-0.05, 0) is 25.5 Å². The van der Waals surface area contributed by atoms with E-state index < -0.39 is 5.97 Å². The normalized spacial score (nSPS) is 10.7. The van der Waals surface area contributed by atoms with E-state index in [4.69, 9.17) is 4.74 Å². The van der Waals surface area contributed by atoms with E-state index in [0.29, 0.717) is 27.7 Å². The second kappa shape index (κ2) is 6.04. The van der Waals surface area contributed by atoms with Gasteiger partial charge in [0.2, 0.25) is 0 Å². The van der Waals surface area contributed by atoms with Gasteiger partial charge in [-0.3, -0.25) is 9.78 Å². The number of aryl methyl sites for hydroxylation is 1. The third kappa shape index (κ3) is 2.61. The van der Waals surface area contributed by atoms with Crippen LogP contribution in [-0.4, -0.2) is 22.5 Å². The molecule has 0 amide bonds. The van der Waals surface area contributed by atoms with Crippen molar-refractivity contribution in [2.45, 2.75) is 13.8 Å². The highest BCUT2D eigenvalue weighted by atomic mass is 16.5. The molecule has 0 aliphatic heterocycles. The lowest BCUT2D eigenvalue weighted by Crippen LogP contribution is -2.15. The Bertz CT molecular complexity index is 930. The van der Waals surface area contributed by atoms with Crippen molar-refractivity contribution in [3.8, 4) is 11.1 Å². The number of carbonyl (C=O) groups is 1. The minimum atomic E-state index is -0.471. The summed E-state index contributed by atoms with van der Waals surface area (Å²) in [5, 5.41) is 0.396. The third-order valence-corrected chi connectivity index (χ3v) is 3.63. The minimum Gasteiger partial charge on any atom is -0.462 e. The quantitative estimate of drug-likeness (QED) is 0.755. The summed E-state index contributed by atoms with van der Waals surface area (Å²) in [5.41, 5.74) is 2.50. The first kappa shape index (κ1) is 15.0. The van der Waals surface area contributed by atoms with Gasteiger partial charge in [0, 0.05) is 11.8 Å². The van der Waals surface area contributed by atoms with E-state index in [1.54, 1.807) is 26.1 Å². The number of fused-ring (bicyclic) bond motifs is 1. The average Bonchev–Trinajstić information content (AvgIpc) is 2.54. The van der Waals surface area contributed by atoms with Gasteiger partial charge in [-0.25, -0.2) is 4.79 Å². The van der Waals surface area contributed by atoms with Gasteiger partial charge in [0.05, 0.1) is 28.8 Å². The topological polar surface area (TPSA) is 72.0 Å². The van der Waals surface area contributed by atoms with E-state index >= 15 is 0 Å². The molecule has 0 spiro atoms. The molecule has 5 heteroatoms. The summed E-state index contributed by atoms with van der Waals surface area (Å²) in [4.78, 5) is 31.9. The Kier molecular flexibility index (Phi) is 3.93. The van der Waals surface area contributed by atoms with Crippen LogP contribution in [0.5, 0.6) is 0 Å². The number of H-pyrrole nitrogens is 1. The van der Waals surface area contributed by atoms with Gasteiger partial charge in [0.25, 0.3) is 5.56 Å². The molecule has 0 saturated heterocycles. The van der Waals surface area contributed by atoms with Crippen molar-refractivity contribution >= 4 is 16.9 Å². The van der Waals surface area contributed by atoms with E-state index in [2.05, 4.69) is 9.97 Å². The molecule has 0 aliphatic rings. The monoisotopic (exact) mass is 308 g/mol. The molecule has 3 rings (SSSR count). The third-order valence-electron chi connectivity index (χ3n) is 3.63. The summed E-state index contributed by atoms with van der Waals surface area (Å²) in [6.07, 6.45) is 1.55. The van der Waals surface area contributed by atoms with Crippen molar-refractivity contribution in [3.05, 3.63) is 64.2 Å². The number of ether oxygens (including phenoxy) is 1. The summed E-state index contributed by atoms with van der Waals surface area (Å²) in [5.74, 6) is -0.471. The van der Waals surface area contributed by atoms with Crippen molar-refractivity contribution < 1.29 is 9.53 Å². The maximum atomic E-state index is 12.4. The fourth-order valence-corrected chi connectivity index (χ4v) is 2.69. The Balaban J connectivity index is 2.47. The molecular weight excluding hydrogens is 292 g/mol. The summed E-state index contributed by atoms with van der Waals surface area (Å²) in [7, 11) is 0. The van der Waals surface area contributed by atoms with Crippen LogP contribution in [-0.2, 0) is 4.74 Å². The number of pyridine rings is 2. The van der Waals surface area contributed by atoms with Gasteiger partial charge in [0.15, 0.2) is 0 Å². The van der Waals surface area contributed by atoms with Gasteiger partial charge in [0.1, 0.15) is 0 Å². The maximum absolute atomic E-state index is 12.4. The zero-order chi connectivity index (χ0) is 16.4. The number of nitrogens with zero attached hydrogens (tertiary/aromatic N) is 1. The molecule has 116 valence electrons. The van der Waals surface area contributed by atoms with Crippen LogP contribution < -0.4 is 5.56 Å². The fourth-order valence-electron chi connectivity index (χ4n) is 2.69. The molecule has 5 nitrogen and oxygen atoms in total. The largest absolute Gasteiger partial charge is 0.462 e. The van der Waals surface area contributed by atoms with Crippen molar-refractivity contribution in [2.24, 2.45) is 0 Å². The molecule has 0 radical (unpaired) electrons. The number of carbonyl (C=O) groups excluding carboxylic acids is 1. The molecule has 23 heavy (non-hydrogen) atoms. The first-order valence-corrected chi connectivity index (χ1v) is 7.38. The predicted molar refractivity (Wildman–Crippen MR) is 88.5 cm³/mol. The van der Waals surface area contributed by atoms with E-state index in [0.717, 1.165) is 5.56 Å². The number of hydrogen-bond donors (Lipinski definition) is 1. The summed E-state index contributed by atoms with van der Waals surface area (Å²) < 4.78 is 5.17. The molecule has 0 fully saturated rings. The molecular formula is C18H16N2O3. The van der Waals surface area contributed by atoms with Crippen molar-refractivity contribution in [2.75, 3.05) is 6.61 Å². The predicted octanol–water partition coefficient (Wildman–Crippen LogP) is 3.08. The van der Waals surface area contributed by atoms with Gasteiger partial charge < -0.3 is 9.72 Å². The van der Waals surface area contributed by atoms with Crippen LogP contribution in [0.15, 0.2) is 47.4 Å². The van der Waals surface area contributed by atoms with E-state index in [1.807, 2.05) is 30.3 Å². The molecule has 1 aromatic carbocycles. The van der Waals surface area contributed by atoms with Crippen LogP contribution in [0.25, 0.3) is 22.0 Å². The number of aromatic amines is 1. The van der Waals surface area contributed by atoms with E-state index in [9.17, 15) is 9.59 Å². The summed E-state index contributed by atoms with van der Waals surface area (Å²) in [6.45, 7) is 3.76. The van der Waals surface area contributed by atoms with Crippen molar-refractivity contribution in [1.29, 1.82) is 0 Å². The van der Waals surface area contributed by atoms with Crippen LogP contribution in [0, 0.1) is 6.92 Å². The Morgan fingerprint density at radius 1 is 1.22 bits per heavy atom. The van der Waals surface area contributed by atoms with Gasteiger partial charge in [-0.15, -0.1) is 0 Å². The van der Waals surface area contributed by atoms with Crippen LogP contribution >= 0.6 is 0 Å². The molecule has 0 bridgehead atoms. The Labute approximate surface area is 133 Å². The molecule has 3 aromatic rings. The molecule has 0 atom stereocenters. The zero-order valence-corrected chi connectivity index (χ0v) is 12.9. The SMILES string of the molecule is CCOC(=O)c1c(C)nc2cc[nH]c(=O)c2c1-c1ccccc1. The average molecular weight is 308 g/mol. The van der Waals surface area contributed by atoms with Gasteiger partial charge in [-0.2, -0.15) is 0 Å². The van der Waals surface area contributed by atoms with Crippen molar-refractivity contribution in [3.63, 3.8) is 0 Å². The van der Waals surface area contributed by atoms with Crippen LogP contribution in [0.3, 0.4) is 0 Å². The number of nitrogens with one attached hydrogen (secondary N) is 1. The lowest BCUT2D eigenvalue weighted by Gasteiger charge is -2.14. The van der Waals surface area contributed by atoms with Crippen LogP contribution in [0.4, 0.5) is 0 Å². The number of aromatic nitrogens is 2. The molecule has 0 saturated carbocycles. The van der Waals surface area contributed by atoms with Gasteiger partial charge >= 0.3 is 5.97 Å². The number of hydrogen-bond acceptors (Lipinski definition) is 4. The smallest absolute Gasteiger partial charge is 0.340 e. The first-order valence-electron chi connectivity index (χ1n) is 7.38. The minimum absolute atomic E-state index is 0.260. The second-order valence-corrected chi connectivity index (χ2v) is 5.10. The molecule has 0 unspecified atom stereocenters. The number of esters is 1. The highest BCUT2D eigenvalue weighted by molar-refractivity contribution is 6.07. The zero-order valence-electron chi connectivity index (χ0n) is 12.9. The lowest BCUT2D eigenvalue weighted by molar-refractivity contribution is 0.0526. The second-order valence-electron chi connectivity index (χ2n) is 5.10. The summed E-state index contributed by atoms with van der Waals surface area (Å²) in [6, 6.07) is 11.1. The van der Waals surface area contributed by atoms with Gasteiger partial charge in [-0.1, -0.05) is 30.3 Å². The fraction of sp³-hybridized carbons (Fsp3) is 0.167. The Morgan fingerprint density at radius 2 is 1.96 bits per heavy atom. The molecule has 0 aliphatic carbocycles. The summed E-state index contributed by atoms with van der Waals surface area (Å²) >= 11 is 0. The highest BCUT2D eigenvalue weighted by Gasteiger charge is 2.22. The standard InChI is InChI=1S/C18H16N2O3/c1-3-23-18(22)14-11(2)20-13-9-10-19-17(21)16(13)15(14)12-7-5-4-6-8-12/h4-10H,3H2,1-2H3,(H,19,21). The Hall–Kier alpha value is -2.95. The van der Waals surface area contributed by atoms with Crippen LogP contribution in [0.2, 0.25) is 0 Å². The number of rotatable bonds is 3. The molecule has 2 heterocycles. The van der Waals surface area contributed by atoms with Crippen LogP contribution in [0.1, 0.15) is 23.0 Å².